The molecule has 1 aromatic heterocycles. The van der Waals surface area contributed by atoms with Gasteiger partial charge >= 0.3 is 6.03 Å². The molecule has 3 N–H and O–H groups in total. The van der Waals surface area contributed by atoms with Gasteiger partial charge in [-0.1, -0.05) is 17.7 Å². The predicted molar refractivity (Wildman–Crippen MR) is 92.7 cm³/mol. The summed E-state index contributed by atoms with van der Waals surface area (Å²) in [4.78, 5) is 27.7. The Balaban J connectivity index is 1.68. The molecule has 2 rings (SSSR count). The van der Waals surface area contributed by atoms with Gasteiger partial charge in [0.15, 0.2) is 0 Å². The number of benzene rings is 1. The van der Waals surface area contributed by atoms with Crippen LogP contribution in [0.25, 0.3) is 0 Å². The molecule has 0 fully saturated rings. The Bertz CT molecular complexity index is 688. The Hall–Kier alpha value is -2.89. The van der Waals surface area contributed by atoms with E-state index in [9.17, 15) is 9.59 Å². The van der Waals surface area contributed by atoms with Crippen molar-refractivity contribution in [2.75, 3.05) is 13.1 Å². The van der Waals surface area contributed by atoms with E-state index in [-0.39, 0.29) is 18.0 Å². The van der Waals surface area contributed by atoms with Crippen molar-refractivity contribution in [3.05, 3.63) is 65.5 Å². The minimum atomic E-state index is -0.274. The van der Waals surface area contributed by atoms with Crippen molar-refractivity contribution in [2.45, 2.75) is 19.9 Å². The maximum absolute atomic E-state index is 12.0. The third kappa shape index (κ3) is 5.39. The van der Waals surface area contributed by atoms with E-state index in [2.05, 4.69) is 20.9 Å². The summed E-state index contributed by atoms with van der Waals surface area (Å²) in [5.74, 6) is -0.147. The number of hydrogen-bond donors (Lipinski definition) is 3. The van der Waals surface area contributed by atoms with Crippen LogP contribution in [0, 0.1) is 6.92 Å². The van der Waals surface area contributed by atoms with E-state index < -0.39 is 0 Å². The van der Waals surface area contributed by atoms with Crippen molar-refractivity contribution in [3.8, 4) is 0 Å². The summed E-state index contributed by atoms with van der Waals surface area (Å²) >= 11 is 0. The van der Waals surface area contributed by atoms with Gasteiger partial charge in [0.2, 0.25) is 0 Å². The lowest BCUT2D eigenvalue weighted by molar-refractivity contribution is 0.0953. The van der Waals surface area contributed by atoms with Gasteiger partial charge in [-0.25, -0.2) is 4.79 Å². The zero-order valence-corrected chi connectivity index (χ0v) is 13.9. The van der Waals surface area contributed by atoms with Crippen LogP contribution in [0.15, 0.2) is 48.8 Å². The largest absolute Gasteiger partial charge is 0.350 e. The van der Waals surface area contributed by atoms with Crippen LogP contribution in [0.4, 0.5) is 4.79 Å². The van der Waals surface area contributed by atoms with Crippen molar-refractivity contribution in [1.29, 1.82) is 0 Å². The molecular formula is C18H22N4O2. The van der Waals surface area contributed by atoms with Gasteiger partial charge in [-0.2, -0.15) is 0 Å². The SMILES string of the molecule is Cc1cccc(C(=O)NCCNC(=O)N[C@H](C)c2ccncc2)c1. The summed E-state index contributed by atoms with van der Waals surface area (Å²) in [6, 6.07) is 10.7. The van der Waals surface area contributed by atoms with Gasteiger partial charge in [0.25, 0.3) is 5.91 Å². The molecular weight excluding hydrogens is 304 g/mol. The van der Waals surface area contributed by atoms with Crippen molar-refractivity contribution in [2.24, 2.45) is 0 Å². The number of aromatic nitrogens is 1. The van der Waals surface area contributed by atoms with Crippen LogP contribution in [-0.4, -0.2) is 30.0 Å². The highest BCUT2D eigenvalue weighted by Crippen LogP contribution is 2.09. The number of carbonyl (C=O) groups excluding carboxylic acids is 2. The first kappa shape index (κ1) is 17.5. The number of carbonyl (C=O) groups is 2. The smallest absolute Gasteiger partial charge is 0.315 e. The molecule has 0 radical (unpaired) electrons. The molecule has 6 heteroatoms. The van der Waals surface area contributed by atoms with Crippen LogP contribution in [0.5, 0.6) is 0 Å². The first-order valence-corrected chi connectivity index (χ1v) is 7.85. The molecule has 0 unspecified atom stereocenters. The minimum Gasteiger partial charge on any atom is -0.350 e. The monoisotopic (exact) mass is 326 g/mol. The second kappa shape index (κ2) is 8.67. The molecule has 0 aliphatic rings. The van der Waals surface area contributed by atoms with E-state index in [1.807, 2.05) is 44.2 Å². The molecule has 1 heterocycles. The van der Waals surface area contributed by atoms with Crippen molar-refractivity contribution in [3.63, 3.8) is 0 Å². The molecule has 24 heavy (non-hydrogen) atoms. The Kier molecular flexibility index (Phi) is 6.31. The Morgan fingerprint density at radius 2 is 1.79 bits per heavy atom. The number of urea groups is 1. The van der Waals surface area contributed by atoms with Crippen LogP contribution < -0.4 is 16.0 Å². The lowest BCUT2D eigenvalue weighted by atomic mass is 10.1. The highest BCUT2D eigenvalue weighted by molar-refractivity contribution is 5.94. The third-order valence-electron chi connectivity index (χ3n) is 3.53. The molecule has 0 aliphatic carbocycles. The average molecular weight is 326 g/mol. The fourth-order valence-electron chi connectivity index (χ4n) is 2.22. The molecule has 0 spiro atoms. The van der Waals surface area contributed by atoms with Gasteiger partial charge < -0.3 is 16.0 Å². The summed E-state index contributed by atoms with van der Waals surface area (Å²) < 4.78 is 0. The quantitative estimate of drug-likeness (QED) is 0.712. The molecule has 2 aromatic rings. The number of rotatable bonds is 6. The molecule has 0 bridgehead atoms. The van der Waals surface area contributed by atoms with Crippen LogP contribution in [0.2, 0.25) is 0 Å². The lowest BCUT2D eigenvalue weighted by Gasteiger charge is -2.15. The number of nitrogens with zero attached hydrogens (tertiary/aromatic N) is 1. The maximum Gasteiger partial charge on any atom is 0.315 e. The van der Waals surface area contributed by atoms with E-state index in [4.69, 9.17) is 0 Å². The fraction of sp³-hybridized carbons (Fsp3) is 0.278. The molecule has 1 aromatic carbocycles. The van der Waals surface area contributed by atoms with Crippen LogP contribution >= 0.6 is 0 Å². The van der Waals surface area contributed by atoms with Crippen molar-refractivity contribution < 1.29 is 9.59 Å². The van der Waals surface area contributed by atoms with E-state index >= 15 is 0 Å². The first-order chi connectivity index (χ1) is 11.6. The third-order valence-corrected chi connectivity index (χ3v) is 3.53. The summed E-state index contributed by atoms with van der Waals surface area (Å²) in [5, 5.41) is 8.33. The van der Waals surface area contributed by atoms with Gasteiger partial charge in [-0.3, -0.25) is 9.78 Å². The van der Waals surface area contributed by atoms with Crippen LogP contribution in [-0.2, 0) is 0 Å². The highest BCUT2D eigenvalue weighted by atomic mass is 16.2. The Morgan fingerprint density at radius 1 is 1.08 bits per heavy atom. The molecule has 0 aliphatic heterocycles. The average Bonchev–Trinajstić information content (AvgIpc) is 2.59. The zero-order valence-electron chi connectivity index (χ0n) is 13.9. The number of hydrogen-bond acceptors (Lipinski definition) is 3. The number of nitrogens with one attached hydrogen (secondary N) is 3. The van der Waals surface area contributed by atoms with Crippen molar-refractivity contribution >= 4 is 11.9 Å². The Morgan fingerprint density at radius 3 is 2.50 bits per heavy atom. The second-order valence-electron chi connectivity index (χ2n) is 5.53. The van der Waals surface area contributed by atoms with Crippen molar-refractivity contribution in [1.82, 2.24) is 20.9 Å². The maximum atomic E-state index is 12.0. The lowest BCUT2D eigenvalue weighted by Crippen LogP contribution is -2.41. The summed E-state index contributed by atoms with van der Waals surface area (Å²) in [7, 11) is 0. The molecule has 6 nitrogen and oxygen atoms in total. The topological polar surface area (TPSA) is 83.1 Å². The van der Waals surface area contributed by atoms with Gasteiger partial charge in [-0.15, -0.1) is 0 Å². The molecule has 0 saturated heterocycles. The first-order valence-electron chi connectivity index (χ1n) is 7.85. The van der Waals surface area contributed by atoms with Crippen LogP contribution in [0.1, 0.15) is 34.5 Å². The van der Waals surface area contributed by atoms with E-state index in [0.717, 1.165) is 11.1 Å². The summed E-state index contributed by atoms with van der Waals surface area (Å²) in [6.45, 7) is 4.55. The zero-order chi connectivity index (χ0) is 17.4. The fourth-order valence-corrected chi connectivity index (χ4v) is 2.22. The van der Waals surface area contributed by atoms with Gasteiger partial charge in [0, 0.05) is 31.0 Å². The summed E-state index contributed by atoms with van der Waals surface area (Å²) in [6.07, 6.45) is 3.37. The highest BCUT2D eigenvalue weighted by Gasteiger charge is 2.09. The number of pyridine rings is 1. The summed E-state index contributed by atoms with van der Waals surface area (Å²) in [5.41, 5.74) is 2.63. The van der Waals surface area contributed by atoms with Gasteiger partial charge in [0.05, 0.1) is 6.04 Å². The Labute approximate surface area is 141 Å². The minimum absolute atomic E-state index is 0.116. The number of amides is 3. The van der Waals surface area contributed by atoms with E-state index in [1.165, 1.54) is 0 Å². The molecule has 1 atom stereocenters. The van der Waals surface area contributed by atoms with E-state index in [0.29, 0.717) is 18.7 Å². The van der Waals surface area contributed by atoms with Crippen LogP contribution in [0.3, 0.4) is 0 Å². The second-order valence-corrected chi connectivity index (χ2v) is 5.53. The molecule has 3 amide bonds. The normalized spacial score (nSPS) is 11.4. The van der Waals surface area contributed by atoms with Gasteiger partial charge in [-0.05, 0) is 43.7 Å². The standard InChI is InChI=1S/C18H22N4O2/c1-13-4-3-5-16(12-13)17(23)20-10-11-21-18(24)22-14(2)15-6-8-19-9-7-15/h3-9,12,14H,10-11H2,1-2H3,(H,20,23)(H2,21,22,24)/t14-/m1/s1. The van der Waals surface area contributed by atoms with Gasteiger partial charge in [0.1, 0.15) is 0 Å². The number of aryl methyl sites for hydroxylation is 1. The van der Waals surface area contributed by atoms with E-state index in [1.54, 1.807) is 18.5 Å². The molecule has 0 saturated carbocycles. The predicted octanol–water partition coefficient (Wildman–Crippen LogP) is 2.18. The molecule has 126 valence electrons.